The Morgan fingerprint density at radius 3 is 1.40 bits per heavy atom. The molecule has 2 unspecified atom stereocenters. The molecule has 2 atom stereocenters. The van der Waals surface area contributed by atoms with Gasteiger partial charge in [0.25, 0.3) is 0 Å². The second-order valence-electron chi connectivity index (χ2n) is 16.2. The van der Waals surface area contributed by atoms with E-state index in [9.17, 15) is 15.0 Å². The van der Waals surface area contributed by atoms with E-state index in [1.54, 1.807) is 4.90 Å². The van der Waals surface area contributed by atoms with Gasteiger partial charge in [0.15, 0.2) is 0 Å². The zero-order valence-electron chi connectivity index (χ0n) is 28.3. The van der Waals surface area contributed by atoms with Gasteiger partial charge >= 0.3 is 6.09 Å². The molecule has 0 aromatic rings. The Bertz CT molecular complexity index is 748. The molecule has 2 aliphatic rings. The summed E-state index contributed by atoms with van der Waals surface area (Å²) in [6.45, 7) is 21.3. The third-order valence-corrected chi connectivity index (χ3v) is 11.5. The van der Waals surface area contributed by atoms with Crippen molar-refractivity contribution in [2.24, 2.45) is 0 Å². The number of aliphatic hydroxyl groups is 2. The van der Waals surface area contributed by atoms with Gasteiger partial charge in [-0.15, -0.1) is 0 Å². The number of amides is 1. The molecule has 0 aromatic carbocycles. The number of nitrogens with zero attached hydrogens (tertiary/aromatic N) is 1. The molecule has 1 amide bonds. The minimum absolute atomic E-state index is 0.123. The maximum atomic E-state index is 13.9. The lowest BCUT2D eigenvalue weighted by atomic mass is 9.74. The molecule has 0 aliphatic heterocycles. The Balaban J connectivity index is 2.22. The van der Waals surface area contributed by atoms with E-state index in [0.717, 1.165) is 24.9 Å². The van der Waals surface area contributed by atoms with E-state index in [0.29, 0.717) is 51.7 Å². The molecular weight excluding hydrogens is 571 g/mol. The number of carbonyl (C=O) groups excluding carboxylic acids is 1. The highest BCUT2D eigenvalue weighted by atomic mass is 28.3. The number of carbonyl (C=O) groups is 1. The van der Waals surface area contributed by atoms with Crippen LogP contribution in [0.1, 0.15) is 72.1 Å². The molecule has 0 radical (unpaired) electrons. The monoisotopic (exact) mass is 633 g/mol. The van der Waals surface area contributed by atoms with Crippen LogP contribution >= 0.6 is 0 Å². The van der Waals surface area contributed by atoms with Crippen LogP contribution in [0.3, 0.4) is 0 Å². The molecule has 2 rings (SSSR count). The molecule has 2 aliphatic carbocycles. The Hall–Kier alpha value is -0.536. The summed E-state index contributed by atoms with van der Waals surface area (Å²) in [6, 6.07) is 1.13. The molecule has 0 heterocycles. The highest BCUT2D eigenvalue weighted by molar-refractivity contribution is 6.76. The minimum Gasteiger partial charge on any atom is -0.444 e. The summed E-state index contributed by atoms with van der Waals surface area (Å²) in [7, 11) is -2.44. The van der Waals surface area contributed by atoms with Crippen LogP contribution in [0, 0.1) is 0 Å². The minimum atomic E-state index is -1.22. The molecule has 2 N–H and O–H groups in total. The van der Waals surface area contributed by atoms with E-state index in [4.69, 9.17) is 23.7 Å². The second kappa shape index (κ2) is 16.2. The van der Waals surface area contributed by atoms with Crippen molar-refractivity contribution in [3.05, 3.63) is 0 Å². The first-order valence-electron chi connectivity index (χ1n) is 16.1. The van der Waals surface area contributed by atoms with Crippen molar-refractivity contribution in [1.82, 2.24) is 4.90 Å². The molecule has 0 bridgehead atoms. The topological polar surface area (TPSA) is 107 Å². The first kappa shape index (κ1) is 37.6. The number of ether oxygens (including phenoxy) is 5. The second-order valence-corrected chi connectivity index (χ2v) is 27.4. The lowest BCUT2D eigenvalue weighted by Gasteiger charge is -2.47. The van der Waals surface area contributed by atoms with Crippen LogP contribution in [-0.4, -0.2) is 106 Å². The van der Waals surface area contributed by atoms with Crippen LogP contribution in [0.5, 0.6) is 0 Å². The van der Waals surface area contributed by atoms with Crippen LogP contribution < -0.4 is 0 Å². The number of hydrogen-bond acceptors (Lipinski definition) is 8. The zero-order chi connectivity index (χ0) is 31.7. The van der Waals surface area contributed by atoms with Gasteiger partial charge in [0.05, 0.1) is 36.5 Å². The highest BCUT2D eigenvalue weighted by Crippen LogP contribution is 2.40. The van der Waals surface area contributed by atoms with E-state index in [1.807, 2.05) is 20.8 Å². The summed E-state index contributed by atoms with van der Waals surface area (Å²) >= 11 is 0. The van der Waals surface area contributed by atoms with Crippen molar-refractivity contribution in [2.45, 2.75) is 152 Å². The van der Waals surface area contributed by atoms with E-state index < -0.39 is 51.1 Å². The maximum absolute atomic E-state index is 13.9. The molecule has 0 saturated heterocycles. The van der Waals surface area contributed by atoms with E-state index in [2.05, 4.69) is 39.3 Å². The predicted octanol–water partition coefficient (Wildman–Crippen LogP) is 6.23. The van der Waals surface area contributed by atoms with Gasteiger partial charge < -0.3 is 33.9 Å². The molecule has 9 nitrogen and oxygen atoms in total. The molecular formula is C31H63NO8Si2. The average molecular weight is 634 g/mol. The fraction of sp³-hybridized carbons (Fsp3) is 0.968. The molecule has 248 valence electrons. The van der Waals surface area contributed by atoms with Crippen molar-refractivity contribution >= 4 is 22.2 Å². The lowest BCUT2D eigenvalue weighted by Crippen LogP contribution is -2.58. The average Bonchev–Trinajstić information content (AvgIpc) is 2.78. The van der Waals surface area contributed by atoms with Crippen LogP contribution in [0.15, 0.2) is 0 Å². The fourth-order valence-corrected chi connectivity index (χ4v) is 6.72. The van der Waals surface area contributed by atoms with Crippen molar-refractivity contribution in [1.29, 1.82) is 0 Å². The normalized spacial score (nSPS) is 19.9. The molecule has 0 aromatic heterocycles. The van der Waals surface area contributed by atoms with Crippen molar-refractivity contribution in [3.63, 3.8) is 0 Å². The van der Waals surface area contributed by atoms with Gasteiger partial charge in [-0.25, -0.2) is 4.79 Å². The van der Waals surface area contributed by atoms with E-state index in [-0.39, 0.29) is 26.8 Å². The fourth-order valence-electron chi connectivity index (χ4n) is 5.20. The summed E-state index contributed by atoms with van der Waals surface area (Å²) in [5.41, 5.74) is -2.43. The molecule has 11 heteroatoms. The molecule has 42 heavy (non-hydrogen) atoms. The van der Waals surface area contributed by atoms with Crippen LogP contribution in [0.25, 0.3) is 0 Å². The Morgan fingerprint density at radius 2 is 1.12 bits per heavy atom. The largest absolute Gasteiger partial charge is 0.444 e. The van der Waals surface area contributed by atoms with Crippen molar-refractivity contribution in [2.75, 3.05) is 40.0 Å². The van der Waals surface area contributed by atoms with Crippen LogP contribution in [0.2, 0.25) is 51.4 Å². The summed E-state index contributed by atoms with van der Waals surface area (Å²) in [5, 5.41) is 22.5. The Kier molecular flexibility index (Phi) is 14.5. The standard InChI is InChI=1S/C31H63NO8Si2/c1-29(2,3)40-28(33)32(26(20-30(34)12-10-13-30)22-38-24-36-16-18-41(4,5)6)27(21-31(35)14-11-15-31)23-39-25-37-17-19-42(7,8)9/h26-27,34-35H,10-25H2,1-9H3. The third-order valence-electron chi connectivity index (χ3n) is 8.14. The van der Waals surface area contributed by atoms with Gasteiger partial charge in [0, 0.05) is 29.4 Å². The SMILES string of the molecule is CC(C)(C)OC(=O)N(C(COCOCC[Si](C)(C)C)CC1(O)CCC1)C(COCOCC[Si](C)(C)C)CC1(O)CCC1. The third kappa shape index (κ3) is 15.0. The van der Waals surface area contributed by atoms with E-state index in [1.165, 1.54) is 0 Å². The summed E-state index contributed by atoms with van der Waals surface area (Å²) in [4.78, 5) is 15.6. The number of rotatable bonds is 20. The first-order chi connectivity index (χ1) is 19.3. The quantitative estimate of drug-likeness (QED) is 0.0924. The summed E-state index contributed by atoms with van der Waals surface area (Å²) in [6.07, 6.45) is 4.90. The van der Waals surface area contributed by atoms with Gasteiger partial charge in [-0.05, 0) is 84.2 Å². The lowest BCUT2D eigenvalue weighted by molar-refractivity contribution is -0.127. The Morgan fingerprint density at radius 1 is 0.738 bits per heavy atom. The van der Waals surface area contributed by atoms with Crippen LogP contribution in [-0.2, 0) is 23.7 Å². The van der Waals surface area contributed by atoms with Crippen LogP contribution in [0.4, 0.5) is 4.79 Å². The molecule has 2 fully saturated rings. The molecule has 0 spiro atoms. The predicted molar refractivity (Wildman–Crippen MR) is 172 cm³/mol. The van der Waals surface area contributed by atoms with Gasteiger partial charge in [-0.3, -0.25) is 4.90 Å². The highest BCUT2D eigenvalue weighted by Gasteiger charge is 2.45. The van der Waals surface area contributed by atoms with Gasteiger partial charge in [0.2, 0.25) is 0 Å². The van der Waals surface area contributed by atoms with Crippen molar-refractivity contribution in [3.8, 4) is 0 Å². The first-order valence-corrected chi connectivity index (χ1v) is 23.5. The maximum Gasteiger partial charge on any atom is 0.410 e. The number of hydrogen-bond donors (Lipinski definition) is 2. The summed E-state index contributed by atoms with van der Waals surface area (Å²) < 4.78 is 29.5. The van der Waals surface area contributed by atoms with Gasteiger partial charge in [-0.1, -0.05) is 39.3 Å². The molecule has 2 saturated carbocycles. The van der Waals surface area contributed by atoms with Crippen molar-refractivity contribution < 1.29 is 38.7 Å². The zero-order valence-corrected chi connectivity index (χ0v) is 30.3. The Labute approximate surface area is 258 Å². The smallest absolute Gasteiger partial charge is 0.410 e. The summed E-state index contributed by atoms with van der Waals surface area (Å²) in [5.74, 6) is 0. The van der Waals surface area contributed by atoms with Gasteiger partial charge in [0.1, 0.15) is 19.2 Å². The van der Waals surface area contributed by atoms with Gasteiger partial charge in [-0.2, -0.15) is 0 Å². The van der Waals surface area contributed by atoms with E-state index >= 15 is 0 Å².